The quantitative estimate of drug-likeness (QED) is 0.868. The summed E-state index contributed by atoms with van der Waals surface area (Å²) in [6.07, 6.45) is 2.96. The van der Waals surface area contributed by atoms with Gasteiger partial charge in [-0.15, -0.1) is 0 Å². The third kappa shape index (κ3) is 3.18. The fraction of sp³-hybridized carbons (Fsp3) is 0.533. The molecule has 0 aromatic heterocycles. The Morgan fingerprint density at radius 1 is 1.35 bits per heavy atom. The predicted octanol–water partition coefficient (Wildman–Crippen LogP) is 1.64. The summed E-state index contributed by atoms with van der Waals surface area (Å²) in [5, 5.41) is 3.24. The molecule has 126 valence electrons. The van der Waals surface area contributed by atoms with Crippen LogP contribution in [-0.2, 0) is 14.8 Å². The minimum absolute atomic E-state index is 0.0404. The molecule has 0 bridgehead atoms. The van der Waals surface area contributed by atoms with Crippen LogP contribution >= 0.6 is 11.6 Å². The smallest absolute Gasteiger partial charge is 0.246 e. The number of hydrogen-bond donors (Lipinski definition) is 1. The van der Waals surface area contributed by atoms with E-state index in [1.54, 1.807) is 6.07 Å². The molecule has 2 fully saturated rings. The van der Waals surface area contributed by atoms with E-state index in [1.165, 1.54) is 23.5 Å². The van der Waals surface area contributed by atoms with Crippen LogP contribution in [0.2, 0.25) is 5.02 Å². The molecule has 1 saturated heterocycles. The number of sulfonamides is 1. The van der Waals surface area contributed by atoms with Crippen molar-refractivity contribution in [1.29, 1.82) is 0 Å². The van der Waals surface area contributed by atoms with Gasteiger partial charge in [0.1, 0.15) is 10.6 Å². The third-order valence-corrected chi connectivity index (χ3v) is 6.50. The fourth-order valence-electron chi connectivity index (χ4n) is 2.71. The van der Waals surface area contributed by atoms with Crippen molar-refractivity contribution in [2.24, 2.45) is 5.92 Å². The van der Waals surface area contributed by atoms with Gasteiger partial charge in [0.25, 0.3) is 0 Å². The van der Waals surface area contributed by atoms with Crippen LogP contribution in [0.4, 0.5) is 0 Å². The number of nitrogens with zero attached hydrogens (tertiary/aromatic N) is 1. The third-order valence-electron chi connectivity index (χ3n) is 4.41. The molecule has 8 heteroatoms. The van der Waals surface area contributed by atoms with Crippen molar-refractivity contribution in [3.8, 4) is 5.75 Å². The molecule has 1 N–H and O–H groups in total. The molecule has 1 aromatic carbocycles. The van der Waals surface area contributed by atoms with E-state index in [0.29, 0.717) is 5.02 Å². The fourth-order valence-corrected chi connectivity index (χ4v) is 4.66. The van der Waals surface area contributed by atoms with E-state index in [9.17, 15) is 13.2 Å². The molecule has 0 radical (unpaired) electrons. The molecule has 1 aliphatic carbocycles. The minimum Gasteiger partial charge on any atom is -0.495 e. The van der Waals surface area contributed by atoms with Crippen LogP contribution < -0.4 is 10.1 Å². The molecule has 2 aliphatic rings. The van der Waals surface area contributed by atoms with Crippen molar-refractivity contribution in [3.05, 3.63) is 23.2 Å². The maximum atomic E-state index is 12.7. The summed E-state index contributed by atoms with van der Waals surface area (Å²) in [6, 6.07) is 4.38. The zero-order valence-electron chi connectivity index (χ0n) is 12.8. The summed E-state index contributed by atoms with van der Waals surface area (Å²) in [5.41, 5.74) is 0. The lowest BCUT2D eigenvalue weighted by atomic mass is 9.84. The number of halogens is 1. The first kappa shape index (κ1) is 16.5. The van der Waals surface area contributed by atoms with Crippen LogP contribution in [0.5, 0.6) is 5.75 Å². The second kappa shape index (κ2) is 6.30. The highest BCUT2D eigenvalue weighted by Gasteiger charge is 2.40. The van der Waals surface area contributed by atoms with Gasteiger partial charge in [-0.3, -0.25) is 4.79 Å². The number of methoxy groups -OCH3 is 1. The summed E-state index contributed by atoms with van der Waals surface area (Å²) in [5.74, 6) is 0.406. The van der Waals surface area contributed by atoms with E-state index in [1.807, 2.05) is 0 Å². The van der Waals surface area contributed by atoms with Crippen molar-refractivity contribution in [2.75, 3.05) is 20.2 Å². The van der Waals surface area contributed by atoms with Gasteiger partial charge in [-0.05, 0) is 31.0 Å². The zero-order valence-corrected chi connectivity index (χ0v) is 14.4. The van der Waals surface area contributed by atoms with Gasteiger partial charge >= 0.3 is 0 Å². The summed E-state index contributed by atoms with van der Waals surface area (Å²) >= 11 is 5.90. The molecule has 1 aliphatic heterocycles. The summed E-state index contributed by atoms with van der Waals surface area (Å²) in [6.45, 7) is 0.549. The molecule has 1 amide bonds. The summed E-state index contributed by atoms with van der Waals surface area (Å²) in [4.78, 5) is 11.9. The number of carbonyl (C=O) groups excluding carboxylic acids is 1. The van der Waals surface area contributed by atoms with Crippen molar-refractivity contribution < 1.29 is 17.9 Å². The molecule has 6 nitrogen and oxygen atoms in total. The highest BCUT2D eigenvalue weighted by Crippen LogP contribution is 2.32. The highest BCUT2D eigenvalue weighted by atomic mass is 35.5. The highest BCUT2D eigenvalue weighted by molar-refractivity contribution is 7.89. The van der Waals surface area contributed by atoms with Gasteiger partial charge in [0, 0.05) is 24.0 Å². The number of benzene rings is 1. The number of nitrogens with one attached hydrogen (secondary N) is 1. The molecular formula is C15H19ClN2O4S. The minimum atomic E-state index is -3.68. The molecule has 23 heavy (non-hydrogen) atoms. The van der Waals surface area contributed by atoms with Crippen molar-refractivity contribution in [1.82, 2.24) is 9.62 Å². The Kier molecular flexibility index (Phi) is 4.53. The Morgan fingerprint density at radius 3 is 2.61 bits per heavy atom. The van der Waals surface area contributed by atoms with Gasteiger partial charge < -0.3 is 10.1 Å². The van der Waals surface area contributed by atoms with Crippen molar-refractivity contribution in [2.45, 2.75) is 30.2 Å². The summed E-state index contributed by atoms with van der Waals surface area (Å²) < 4.78 is 31.7. The largest absolute Gasteiger partial charge is 0.495 e. The van der Waals surface area contributed by atoms with Crippen molar-refractivity contribution >= 4 is 27.5 Å². The maximum absolute atomic E-state index is 12.7. The summed E-state index contributed by atoms with van der Waals surface area (Å²) in [7, 11) is -2.26. The van der Waals surface area contributed by atoms with Crippen LogP contribution in [0.1, 0.15) is 19.3 Å². The van der Waals surface area contributed by atoms with Crippen LogP contribution in [0.3, 0.4) is 0 Å². The van der Waals surface area contributed by atoms with Crippen LogP contribution in [0.15, 0.2) is 23.1 Å². The normalized spacial score (nSPS) is 19.7. The first-order valence-electron chi connectivity index (χ1n) is 7.56. The Balaban J connectivity index is 1.66. The molecular weight excluding hydrogens is 340 g/mol. The zero-order chi connectivity index (χ0) is 16.6. The Bertz CT molecular complexity index is 712. The number of rotatable bonds is 5. The van der Waals surface area contributed by atoms with Crippen LogP contribution in [-0.4, -0.2) is 44.9 Å². The first-order chi connectivity index (χ1) is 10.9. The van der Waals surface area contributed by atoms with Crippen LogP contribution in [0.25, 0.3) is 0 Å². The number of ether oxygens (including phenoxy) is 1. The lowest BCUT2D eigenvalue weighted by molar-refractivity contribution is -0.128. The first-order valence-corrected chi connectivity index (χ1v) is 9.37. The van der Waals surface area contributed by atoms with E-state index in [2.05, 4.69) is 5.32 Å². The van der Waals surface area contributed by atoms with Gasteiger partial charge in [0.05, 0.1) is 13.2 Å². The Labute approximate surface area is 140 Å². The molecule has 1 aromatic rings. The standard InChI is InChI=1S/C15H19ClN2O4S/c1-22-13-6-5-11(16)7-14(13)23(20,21)18-8-12(9-18)17-15(19)10-3-2-4-10/h5-7,10,12H,2-4,8-9H2,1H3,(H,17,19). The van der Waals surface area contributed by atoms with Gasteiger partial charge in [-0.2, -0.15) is 4.31 Å². The Morgan fingerprint density at radius 2 is 2.04 bits per heavy atom. The number of carbonyl (C=O) groups is 1. The van der Waals surface area contributed by atoms with Crippen LogP contribution in [0, 0.1) is 5.92 Å². The maximum Gasteiger partial charge on any atom is 0.246 e. The van der Waals surface area contributed by atoms with E-state index >= 15 is 0 Å². The monoisotopic (exact) mass is 358 g/mol. The van der Waals surface area contributed by atoms with Gasteiger partial charge in [-0.1, -0.05) is 18.0 Å². The molecule has 1 heterocycles. The molecule has 1 saturated carbocycles. The molecule has 3 rings (SSSR count). The van der Waals surface area contributed by atoms with Gasteiger partial charge in [0.15, 0.2) is 0 Å². The average Bonchev–Trinajstić information content (AvgIpc) is 2.40. The van der Waals surface area contributed by atoms with E-state index in [0.717, 1.165) is 19.3 Å². The topological polar surface area (TPSA) is 75.7 Å². The van der Waals surface area contributed by atoms with Gasteiger partial charge in [0.2, 0.25) is 15.9 Å². The second-order valence-corrected chi connectivity index (χ2v) is 8.29. The number of hydrogen-bond acceptors (Lipinski definition) is 4. The van der Waals surface area contributed by atoms with E-state index < -0.39 is 10.0 Å². The average molecular weight is 359 g/mol. The lowest BCUT2D eigenvalue weighted by Gasteiger charge is -2.39. The van der Waals surface area contributed by atoms with E-state index in [4.69, 9.17) is 16.3 Å². The SMILES string of the molecule is COc1ccc(Cl)cc1S(=O)(=O)N1CC(NC(=O)C2CCC2)C1. The van der Waals surface area contributed by atoms with E-state index in [-0.39, 0.29) is 41.6 Å². The van der Waals surface area contributed by atoms with Gasteiger partial charge in [-0.25, -0.2) is 8.42 Å². The number of amides is 1. The molecule has 0 unspecified atom stereocenters. The lowest BCUT2D eigenvalue weighted by Crippen LogP contribution is -2.61. The molecule has 0 atom stereocenters. The molecule has 0 spiro atoms. The predicted molar refractivity (Wildman–Crippen MR) is 86.0 cm³/mol. The Hall–Kier alpha value is -1.31. The second-order valence-electron chi connectivity index (χ2n) is 5.95. The van der Waals surface area contributed by atoms with Crippen molar-refractivity contribution in [3.63, 3.8) is 0 Å².